The van der Waals surface area contributed by atoms with E-state index < -0.39 is 0 Å². The SMILES string of the molecule is CCNC1CCN(Cc2ccccn2)C(C)C1C. The Balaban J connectivity index is 1.96. The van der Waals surface area contributed by atoms with Gasteiger partial charge in [-0.05, 0) is 37.9 Å². The van der Waals surface area contributed by atoms with Gasteiger partial charge in [-0.3, -0.25) is 9.88 Å². The van der Waals surface area contributed by atoms with Crippen molar-refractivity contribution in [3.63, 3.8) is 0 Å². The molecule has 1 saturated heterocycles. The van der Waals surface area contributed by atoms with Crippen LogP contribution in [0.15, 0.2) is 24.4 Å². The highest BCUT2D eigenvalue weighted by atomic mass is 15.2. The molecule has 3 atom stereocenters. The Kier molecular flexibility index (Phi) is 4.72. The maximum Gasteiger partial charge on any atom is 0.0544 e. The number of piperidine rings is 1. The molecule has 100 valence electrons. The summed E-state index contributed by atoms with van der Waals surface area (Å²) in [7, 11) is 0. The predicted octanol–water partition coefficient (Wildman–Crippen LogP) is 2.29. The van der Waals surface area contributed by atoms with E-state index >= 15 is 0 Å². The molecule has 0 spiro atoms. The normalized spacial score (nSPS) is 29.4. The van der Waals surface area contributed by atoms with Gasteiger partial charge in [-0.15, -0.1) is 0 Å². The molecule has 1 aliphatic rings. The minimum atomic E-state index is 0.616. The van der Waals surface area contributed by atoms with Crippen LogP contribution in [0, 0.1) is 5.92 Å². The number of rotatable bonds is 4. The summed E-state index contributed by atoms with van der Waals surface area (Å²) in [6.07, 6.45) is 3.13. The van der Waals surface area contributed by atoms with Crippen molar-refractivity contribution in [1.82, 2.24) is 15.2 Å². The third-order valence-electron chi connectivity index (χ3n) is 4.26. The van der Waals surface area contributed by atoms with E-state index in [1.165, 1.54) is 18.7 Å². The standard InChI is InChI=1S/C15H25N3/c1-4-16-15-8-10-18(13(3)12(15)2)11-14-7-5-6-9-17-14/h5-7,9,12-13,15-16H,4,8,10-11H2,1-3H3. The Morgan fingerprint density at radius 2 is 2.22 bits per heavy atom. The molecule has 2 rings (SSSR count). The summed E-state index contributed by atoms with van der Waals surface area (Å²) in [6.45, 7) is 10.1. The Hall–Kier alpha value is -0.930. The summed E-state index contributed by atoms with van der Waals surface area (Å²) >= 11 is 0. The lowest BCUT2D eigenvalue weighted by molar-refractivity contribution is 0.0779. The first kappa shape index (κ1) is 13.5. The molecule has 0 amide bonds. The third kappa shape index (κ3) is 3.09. The summed E-state index contributed by atoms with van der Waals surface area (Å²) in [5.41, 5.74) is 1.18. The van der Waals surface area contributed by atoms with Gasteiger partial charge in [0.05, 0.1) is 5.69 Å². The average molecular weight is 247 g/mol. The topological polar surface area (TPSA) is 28.2 Å². The highest BCUT2D eigenvalue weighted by Gasteiger charge is 2.31. The lowest BCUT2D eigenvalue weighted by atomic mass is 9.87. The van der Waals surface area contributed by atoms with E-state index in [-0.39, 0.29) is 0 Å². The number of likely N-dealkylation sites (tertiary alicyclic amines) is 1. The molecule has 0 aromatic carbocycles. The van der Waals surface area contributed by atoms with Crippen molar-refractivity contribution in [3.8, 4) is 0 Å². The summed E-state index contributed by atoms with van der Waals surface area (Å²) in [5, 5.41) is 3.61. The monoisotopic (exact) mass is 247 g/mol. The fraction of sp³-hybridized carbons (Fsp3) is 0.667. The lowest BCUT2D eigenvalue weighted by Gasteiger charge is -2.42. The molecule has 1 aromatic heterocycles. The molecule has 2 heterocycles. The van der Waals surface area contributed by atoms with E-state index in [0.29, 0.717) is 18.0 Å². The molecule has 0 bridgehead atoms. The van der Waals surface area contributed by atoms with Gasteiger partial charge < -0.3 is 5.32 Å². The minimum absolute atomic E-state index is 0.616. The molecule has 3 unspecified atom stereocenters. The third-order valence-corrected chi connectivity index (χ3v) is 4.26. The Morgan fingerprint density at radius 1 is 1.39 bits per heavy atom. The molecular formula is C15H25N3. The van der Waals surface area contributed by atoms with Gasteiger partial charge >= 0.3 is 0 Å². The van der Waals surface area contributed by atoms with Crippen LogP contribution in [-0.2, 0) is 6.54 Å². The van der Waals surface area contributed by atoms with Crippen molar-refractivity contribution >= 4 is 0 Å². The number of nitrogens with one attached hydrogen (secondary N) is 1. The maximum atomic E-state index is 4.43. The molecule has 3 nitrogen and oxygen atoms in total. The van der Waals surface area contributed by atoms with Gasteiger partial charge in [-0.25, -0.2) is 0 Å². The number of hydrogen-bond donors (Lipinski definition) is 1. The Labute approximate surface area is 111 Å². The second-order valence-corrected chi connectivity index (χ2v) is 5.34. The summed E-state index contributed by atoms with van der Waals surface area (Å²) < 4.78 is 0. The van der Waals surface area contributed by atoms with Crippen LogP contribution >= 0.6 is 0 Å². The molecule has 0 radical (unpaired) electrons. The minimum Gasteiger partial charge on any atom is -0.314 e. The first-order valence-corrected chi connectivity index (χ1v) is 7.09. The molecular weight excluding hydrogens is 222 g/mol. The van der Waals surface area contributed by atoms with Crippen LogP contribution in [0.2, 0.25) is 0 Å². The molecule has 18 heavy (non-hydrogen) atoms. The molecule has 1 aromatic rings. The summed E-state index contributed by atoms with van der Waals surface area (Å²) in [5.74, 6) is 0.697. The summed E-state index contributed by atoms with van der Waals surface area (Å²) in [6, 6.07) is 7.46. The largest absolute Gasteiger partial charge is 0.314 e. The smallest absolute Gasteiger partial charge is 0.0544 e. The zero-order valence-corrected chi connectivity index (χ0v) is 11.8. The van der Waals surface area contributed by atoms with Crippen LogP contribution in [0.1, 0.15) is 32.9 Å². The van der Waals surface area contributed by atoms with E-state index in [9.17, 15) is 0 Å². The second kappa shape index (κ2) is 6.30. The van der Waals surface area contributed by atoms with Crippen molar-refractivity contribution < 1.29 is 0 Å². The van der Waals surface area contributed by atoms with E-state index in [1.807, 2.05) is 12.3 Å². The lowest BCUT2D eigenvalue weighted by Crippen LogP contribution is -2.52. The molecule has 0 saturated carbocycles. The van der Waals surface area contributed by atoms with E-state index in [4.69, 9.17) is 0 Å². The number of hydrogen-bond acceptors (Lipinski definition) is 3. The predicted molar refractivity (Wildman–Crippen MR) is 75.4 cm³/mol. The van der Waals surface area contributed by atoms with Crippen molar-refractivity contribution in [2.24, 2.45) is 5.92 Å². The van der Waals surface area contributed by atoms with E-state index in [0.717, 1.165) is 13.1 Å². The number of aromatic nitrogens is 1. The molecule has 1 aliphatic heterocycles. The van der Waals surface area contributed by atoms with E-state index in [2.05, 4.69) is 48.1 Å². The summed E-state index contributed by atoms with van der Waals surface area (Å²) in [4.78, 5) is 6.99. The first-order valence-electron chi connectivity index (χ1n) is 7.09. The van der Waals surface area contributed by atoms with Crippen molar-refractivity contribution in [3.05, 3.63) is 30.1 Å². The zero-order valence-electron chi connectivity index (χ0n) is 11.8. The van der Waals surface area contributed by atoms with Crippen LogP contribution in [0.4, 0.5) is 0 Å². The molecule has 0 aliphatic carbocycles. The highest BCUT2D eigenvalue weighted by molar-refractivity contribution is 5.04. The van der Waals surface area contributed by atoms with Crippen molar-refractivity contribution in [2.45, 2.75) is 45.8 Å². The van der Waals surface area contributed by atoms with Crippen LogP contribution in [0.25, 0.3) is 0 Å². The van der Waals surface area contributed by atoms with Crippen LogP contribution in [-0.4, -0.2) is 35.1 Å². The van der Waals surface area contributed by atoms with Gasteiger partial charge in [-0.2, -0.15) is 0 Å². The molecule has 1 N–H and O–H groups in total. The zero-order chi connectivity index (χ0) is 13.0. The van der Waals surface area contributed by atoms with Crippen LogP contribution < -0.4 is 5.32 Å². The highest BCUT2D eigenvalue weighted by Crippen LogP contribution is 2.24. The van der Waals surface area contributed by atoms with Crippen LogP contribution in [0.5, 0.6) is 0 Å². The van der Waals surface area contributed by atoms with Gasteiger partial charge in [0.25, 0.3) is 0 Å². The number of pyridine rings is 1. The van der Waals surface area contributed by atoms with Gasteiger partial charge in [0.15, 0.2) is 0 Å². The van der Waals surface area contributed by atoms with Gasteiger partial charge in [0, 0.05) is 31.4 Å². The van der Waals surface area contributed by atoms with E-state index in [1.54, 1.807) is 0 Å². The second-order valence-electron chi connectivity index (χ2n) is 5.34. The van der Waals surface area contributed by atoms with Gasteiger partial charge in [0.2, 0.25) is 0 Å². The van der Waals surface area contributed by atoms with Crippen LogP contribution in [0.3, 0.4) is 0 Å². The Bertz CT molecular complexity index is 352. The molecule has 3 heteroatoms. The molecule has 1 fully saturated rings. The fourth-order valence-corrected chi connectivity index (χ4v) is 2.91. The maximum absolute atomic E-state index is 4.43. The fourth-order valence-electron chi connectivity index (χ4n) is 2.91. The van der Waals surface area contributed by atoms with Gasteiger partial charge in [-0.1, -0.05) is 19.9 Å². The quantitative estimate of drug-likeness (QED) is 0.885. The van der Waals surface area contributed by atoms with Crippen molar-refractivity contribution in [2.75, 3.05) is 13.1 Å². The average Bonchev–Trinajstić information content (AvgIpc) is 2.40. The Morgan fingerprint density at radius 3 is 2.89 bits per heavy atom. The number of nitrogens with zero attached hydrogens (tertiary/aromatic N) is 2. The van der Waals surface area contributed by atoms with Crippen molar-refractivity contribution in [1.29, 1.82) is 0 Å². The van der Waals surface area contributed by atoms with Gasteiger partial charge in [0.1, 0.15) is 0 Å². The first-order chi connectivity index (χ1) is 8.72.